The van der Waals surface area contributed by atoms with Crippen LogP contribution in [0.4, 0.5) is 0 Å². The molecule has 49 heavy (non-hydrogen) atoms. The van der Waals surface area contributed by atoms with E-state index in [1.54, 1.807) is 23.5 Å². The average Bonchev–Trinajstić information content (AvgIpc) is 3.67. The SMILES string of the molecule is Oc1c(O)c(O)c(-c2nc3ccccc3nc2-n2c3cc4c(cc3c3c5ccccc5ccc32)sc2c3ccccc3ccc42)c(O)c1O. The first-order chi connectivity index (χ1) is 23.9. The first-order valence-electron chi connectivity index (χ1n) is 15.5. The number of para-hydroxylation sites is 2. The van der Waals surface area contributed by atoms with E-state index in [0.29, 0.717) is 11.0 Å². The lowest BCUT2D eigenvalue weighted by atomic mass is 10.0. The molecule has 7 aromatic carbocycles. The molecule has 0 aliphatic heterocycles. The summed E-state index contributed by atoms with van der Waals surface area (Å²) >= 11 is 1.75. The number of aromatic nitrogens is 3. The normalized spacial score (nSPS) is 12.1. The fourth-order valence-electron chi connectivity index (χ4n) is 7.24. The van der Waals surface area contributed by atoms with E-state index in [-0.39, 0.29) is 17.1 Å². The fraction of sp³-hybridized carbons (Fsp3) is 0. The molecule has 10 aromatic rings. The number of aromatic hydroxyl groups is 5. The lowest BCUT2D eigenvalue weighted by Gasteiger charge is -2.17. The van der Waals surface area contributed by atoms with Crippen LogP contribution >= 0.6 is 11.3 Å². The van der Waals surface area contributed by atoms with Gasteiger partial charge in [0.1, 0.15) is 5.69 Å². The standard InChI is InChI=1S/C40H23N3O5S/c44-34-32(35(45)37(47)38(48)36(34)46)33-40(42-27-12-6-5-11-26(27)41-33)43-28-16-14-19-7-1-3-9-21(19)31(28)25-18-30-24(17-29(25)43)23-15-13-20-8-2-4-10-22(20)39(23)49-30/h1-18,44-48H. The second-order valence-corrected chi connectivity index (χ2v) is 13.2. The van der Waals surface area contributed by atoms with Crippen LogP contribution in [0.15, 0.2) is 109 Å². The van der Waals surface area contributed by atoms with Crippen LogP contribution in [-0.4, -0.2) is 40.1 Å². The van der Waals surface area contributed by atoms with Crippen LogP contribution < -0.4 is 0 Å². The summed E-state index contributed by atoms with van der Waals surface area (Å²) in [5, 5.41) is 62.3. The molecule has 3 aromatic heterocycles. The summed E-state index contributed by atoms with van der Waals surface area (Å²) in [5.41, 5.74) is 2.24. The monoisotopic (exact) mass is 657 g/mol. The molecular weight excluding hydrogens is 635 g/mol. The Kier molecular flexibility index (Phi) is 5.46. The van der Waals surface area contributed by atoms with Gasteiger partial charge < -0.3 is 25.5 Å². The van der Waals surface area contributed by atoms with Gasteiger partial charge in [-0.3, -0.25) is 4.57 Å². The van der Waals surface area contributed by atoms with Gasteiger partial charge in [-0.15, -0.1) is 11.3 Å². The molecule has 8 nitrogen and oxygen atoms in total. The molecule has 0 amide bonds. The van der Waals surface area contributed by atoms with Crippen LogP contribution in [0.25, 0.3) is 91.6 Å². The fourth-order valence-corrected chi connectivity index (χ4v) is 8.49. The first kappa shape index (κ1) is 27.5. The maximum Gasteiger partial charge on any atom is 0.208 e. The van der Waals surface area contributed by atoms with Crippen LogP contribution in [0.1, 0.15) is 0 Å². The van der Waals surface area contributed by atoms with E-state index in [0.717, 1.165) is 48.1 Å². The van der Waals surface area contributed by atoms with Crippen LogP contribution in [-0.2, 0) is 0 Å². The van der Waals surface area contributed by atoms with Gasteiger partial charge in [-0.05, 0) is 51.9 Å². The predicted octanol–water partition coefficient (Wildman–Crippen LogP) is 9.60. The summed E-state index contributed by atoms with van der Waals surface area (Å²) in [5.74, 6) is -4.47. The molecule has 10 rings (SSSR count). The molecule has 0 unspecified atom stereocenters. The molecule has 5 N–H and O–H groups in total. The second kappa shape index (κ2) is 9.72. The maximum absolute atomic E-state index is 11.2. The van der Waals surface area contributed by atoms with Crippen molar-refractivity contribution in [3.05, 3.63) is 109 Å². The maximum atomic E-state index is 11.2. The highest BCUT2D eigenvalue weighted by Crippen LogP contribution is 2.55. The third kappa shape index (κ3) is 3.67. The third-order valence-electron chi connectivity index (χ3n) is 9.51. The van der Waals surface area contributed by atoms with Gasteiger partial charge in [-0.2, -0.15) is 0 Å². The Hall–Kier alpha value is -6.58. The van der Waals surface area contributed by atoms with Crippen molar-refractivity contribution in [3.63, 3.8) is 0 Å². The molecule has 0 bridgehead atoms. The number of hydrogen-bond donors (Lipinski definition) is 5. The highest BCUT2D eigenvalue weighted by atomic mass is 32.1. The second-order valence-electron chi connectivity index (χ2n) is 12.1. The lowest BCUT2D eigenvalue weighted by molar-refractivity contribution is 0.330. The lowest BCUT2D eigenvalue weighted by Crippen LogP contribution is -2.04. The number of phenols is 5. The molecule has 0 aliphatic rings. The van der Waals surface area contributed by atoms with Gasteiger partial charge >= 0.3 is 0 Å². The van der Waals surface area contributed by atoms with Gasteiger partial charge in [0.05, 0.1) is 27.6 Å². The van der Waals surface area contributed by atoms with Gasteiger partial charge in [0.25, 0.3) is 0 Å². The molecule has 0 fully saturated rings. The van der Waals surface area contributed by atoms with Gasteiger partial charge in [0.2, 0.25) is 17.2 Å². The first-order valence-corrected chi connectivity index (χ1v) is 16.4. The van der Waals surface area contributed by atoms with Crippen molar-refractivity contribution in [2.45, 2.75) is 0 Å². The van der Waals surface area contributed by atoms with Crippen molar-refractivity contribution in [2.24, 2.45) is 0 Å². The topological polar surface area (TPSA) is 132 Å². The summed E-state index contributed by atoms with van der Waals surface area (Å²) in [6.07, 6.45) is 0. The van der Waals surface area contributed by atoms with Gasteiger partial charge in [-0.1, -0.05) is 78.9 Å². The highest BCUT2D eigenvalue weighted by molar-refractivity contribution is 7.26. The number of hydrogen-bond acceptors (Lipinski definition) is 8. The predicted molar refractivity (Wildman–Crippen MR) is 196 cm³/mol. The zero-order chi connectivity index (χ0) is 33.1. The van der Waals surface area contributed by atoms with E-state index in [1.807, 2.05) is 47.0 Å². The van der Waals surface area contributed by atoms with E-state index in [2.05, 4.69) is 54.6 Å². The van der Waals surface area contributed by atoms with Crippen LogP contribution in [0.5, 0.6) is 28.7 Å². The van der Waals surface area contributed by atoms with Gasteiger partial charge in [0.15, 0.2) is 17.3 Å². The molecular formula is C40H23N3O5S. The Labute approximate surface area is 280 Å². The summed E-state index contributed by atoms with van der Waals surface area (Å²) < 4.78 is 4.27. The number of phenolic OH excluding ortho intramolecular Hbond substituents is 5. The van der Waals surface area contributed by atoms with Crippen LogP contribution in [0.2, 0.25) is 0 Å². The Balaban J connectivity index is 1.42. The van der Waals surface area contributed by atoms with E-state index < -0.39 is 28.7 Å². The zero-order valence-corrected chi connectivity index (χ0v) is 26.2. The molecule has 0 spiro atoms. The summed E-state index contributed by atoms with van der Waals surface area (Å²) in [4.78, 5) is 9.91. The van der Waals surface area contributed by atoms with Crippen molar-refractivity contribution in [1.29, 1.82) is 0 Å². The van der Waals surface area contributed by atoms with E-state index in [1.165, 1.54) is 15.5 Å². The van der Waals surface area contributed by atoms with Crippen molar-refractivity contribution in [1.82, 2.24) is 14.5 Å². The van der Waals surface area contributed by atoms with Crippen molar-refractivity contribution >= 4 is 85.9 Å². The zero-order valence-electron chi connectivity index (χ0n) is 25.4. The Morgan fingerprint density at radius 3 is 1.86 bits per heavy atom. The smallest absolute Gasteiger partial charge is 0.208 e. The van der Waals surface area contributed by atoms with E-state index in [9.17, 15) is 25.5 Å². The molecule has 0 saturated carbocycles. The molecule has 0 atom stereocenters. The quantitative estimate of drug-likeness (QED) is 0.0924. The summed E-state index contributed by atoms with van der Waals surface area (Å²) in [6, 6.07) is 36.5. The number of nitrogens with zero attached hydrogens (tertiary/aromatic N) is 3. The summed E-state index contributed by atoms with van der Waals surface area (Å²) in [7, 11) is 0. The minimum atomic E-state index is -1.04. The van der Waals surface area contributed by atoms with Crippen LogP contribution in [0, 0.1) is 0 Å². The number of benzene rings is 7. The highest BCUT2D eigenvalue weighted by Gasteiger charge is 2.30. The molecule has 0 saturated heterocycles. The molecule has 234 valence electrons. The van der Waals surface area contributed by atoms with Gasteiger partial charge in [0, 0.05) is 30.9 Å². The molecule has 3 heterocycles. The largest absolute Gasteiger partial charge is 0.504 e. The Morgan fingerprint density at radius 2 is 1.10 bits per heavy atom. The molecule has 9 heteroatoms. The van der Waals surface area contributed by atoms with Crippen molar-refractivity contribution in [2.75, 3.05) is 0 Å². The number of thiophene rings is 1. The van der Waals surface area contributed by atoms with E-state index >= 15 is 0 Å². The minimum absolute atomic E-state index is 0.00692. The number of rotatable bonds is 2. The minimum Gasteiger partial charge on any atom is -0.504 e. The summed E-state index contributed by atoms with van der Waals surface area (Å²) in [6.45, 7) is 0. The average molecular weight is 658 g/mol. The van der Waals surface area contributed by atoms with Gasteiger partial charge in [-0.25, -0.2) is 9.97 Å². The van der Waals surface area contributed by atoms with Crippen LogP contribution in [0.3, 0.4) is 0 Å². The van der Waals surface area contributed by atoms with Crippen molar-refractivity contribution < 1.29 is 25.5 Å². The Bertz CT molecular complexity index is 3040. The Morgan fingerprint density at radius 1 is 0.490 bits per heavy atom. The van der Waals surface area contributed by atoms with E-state index in [4.69, 9.17) is 9.97 Å². The third-order valence-corrected chi connectivity index (χ3v) is 10.7. The number of fused-ring (bicyclic) bond motifs is 11. The molecule has 0 aliphatic carbocycles. The molecule has 0 radical (unpaired) electrons. The van der Waals surface area contributed by atoms with Crippen molar-refractivity contribution in [3.8, 4) is 45.8 Å².